The lowest BCUT2D eigenvalue weighted by molar-refractivity contribution is -0.277. The molecule has 3 heteroatoms. The molecule has 0 saturated carbocycles. The van der Waals surface area contributed by atoms with E-state index in [0.29, 0.717) is 0 Å². The van der Waals surface area contributed by atoms with E-state index in [1.165, 1.54) is 0 Å². The summed E-state index contributed by atoms with van der Waals surface area (Å²) in [6.45, 7) is 4.57. The summed E-state index contributed by atoms with van der Waals surface area (Å²) in [5.41, 5.74) is 0.927. The lowest BCUT2D eigenvalue weighted by Gasteiger charge is -2.09. The minimum absolute atomic E-state index is 0.296. The zero-order valence-electron chi connectivity index (χ0n) is 8.56. The van der Waals surface area contributed by atoms with Crippen molar-refractivity contribution in [3.63, 3.8) is 0 Å². The fourth-order valence-electron chi connectivity index (χ4n) is 1.12. The van der Waals surface area contributed by atoms with Gasteiger partial charge in [-0.25, -0.2) is 4.89 Å². The van der Waals surface area contributed by atoms with Crippen LogP contribution in [0.3, 0.4) is 0 Å². The van der Waals surface area contributed by atoms with Gasteiger partial charge >= 0.3 is 0 Å². The molecule has 0 amide bonds. The van der Waals surface area contributed by atoms with Crippen molar-refractivity contribution < 1.29 is 14.9 Å². The minimum atomic E-state index is -0.296. The Balaban J connectivity index is 2.59. The van der Waals surface area contributed by atoms with Crippen LogP contribution in [-0.4, -0.2) is 11.9 Å². The lowest BCUT2D eigenvalue weighted by atomic mass is 10.1. The molecule has 0 saturated heterocycles. The lowest BCUT2D eigenvalue weighted by Crippen LogP contribution is -1.97. The SMILES string of the molecule is CCCOc1ccc(C(C)OO)cc1. The molecule has 1 aromatic carbocycles. The fraction of sp³-hybridized carbons (Fsp3) is 0.455. The first kappa shape index (κ1) is 11.0. The predicted octanol–water partition coefficient (Wildman–Crippen LogP) is 3.03. The third-order valence-corrected chi connectivity index (χ3v) is 1.98. The molecular weight excluding hydrogens is 180 g/mol. The molecule has 0 aliphatic heterocycles. The predicted molar refractivity (Wildman–Crippen MR) is 54.4 cm³/mol. The van der Waals surface area contributed by atoms with Crippen molar-refractivity contribution in [1.29, 1.82) is 0 Å². The maximum absolute atomic E-state index is 8.47. The van der Waals surface area contributed by atoms with Gasteiger partial charge in [0.1, 0.15) is 11.9 Å². The van der Waals surface area contributed by atoms with E-state index < -0.39 is 0 Å². The van der Waals surface area contributed by atoms with Gasteiger partial charge in [-0.1, -0.05) is 19.1 Å². The first-order chi connectivity index (χ1) is 6.77. The van der Waals surface area contributed by atoms with E-state index in [9.17, 15) is 0 Å². The summed E-state index contributed by atoms with van der Waals surface area (Å²) < 4.78 is 5.42. The molecule has 1 atom stereocenters. The largest absolute Gasteiger partial charge is 0.494 e. The second-order valence-corrected chi connectivity index (χ2v) is 3.17. The first-order valence-electron chi connectivity index (χ1n) is 4.81. The van der Waals surface area contributed by atoms with E-state index in [0.717, 1.165) is 24.3 Å². The highest BCUT2D eigenvalue weighted by Crippen LogP contribution is 2.19. The van der Waals surface area contributed by atoms with Gasteiger partial charge in [-0.05, 0) is 31.0 Å². The molecule has 0 fully saturated rings. The van der Waals surface area contributed by atoms with Gasteiger partial charge in [0, 0.05) is 0 Å². The molecule has 0 bridgehead atoms. The highest BCUT2D eigenvalue weighted by atomic mass is 17.1. The quantitative estimate of drug-likeness (QED) is 0.581. The molecule has 0 aromatic heterocycles. The summed E-state index contributed by atoms with van der Waals surface area (Å²) >= 11 is 0. The number of ether oxygens (including phenoxy) is 1. The van der Waals surface area contributed by atoms with Gasteiger partial charge in [0.2, 0.25) is 0 Å². The topological polar surface area (TPSA) is 38.7 Å². The van der Waals surface area contributed by atoms with Crippen LogP contribution in [0.5, 0.6) is 5.75 Å². The Morgan fingerprint density at radius 2 is 1.93 bits per heavy atom. The van der Waals surface area contributed by atoms with Crippen LogP contribution in [0, 0.1) is 0 Å². The average molecular weight is 196 g/mol. The highest BCUT2D eigenvalue weighted by molar-refractivity contribution is 5.28. The average Bonchev–Trinajstić information content (AvgIpc) is 2.26. The van der Waals surface area contributed by atoms with E-state index >= 15 is 0 Å². The third-order valence-electron chi connectivity index (χ3n) is 1.98. The third kappa shape index (κ3) is 3.01. The van der Waals surface area contributed by atoms with Crippen LogP contribution in [0.4, 0.5) is 0 Å². The Morgan fingerprint density at radius 1 is 1.29 bits per heavy atom. The zero-order chi connectivity index (χ0) is 10.4. The summed E-state index contributed by atoms with van der Waals surface area (Å²) in [6, 6.07) is 7.51. The summed E-state index contributed by atoms with van der Waals surface area (Å²) in [5.74, 6) is 0.848. The molecule has 1 aromatic rings. The molecule has 3 nitrogen and oxygen atoms in total. The maximum atomic E-state index is 8.47. The van der Waals surface area contributed by atoms with Gasteiger partial charge < -0.3 is 4.74 Å². The van der Waals surface area contributed by atoms with Crippen molar-refractivity contribution in [1.82, 2.24) is 0 Å². The van der Waals surface area contributed by atoms with Gasteiger partial charge in [-0.3, -0.25) is 5.26 Å². The van der Waals surface area contributed by atoms with Crippen molar-refractivity contribution >= 4 is 0 Å². The second kappa shape index (κ2) is 5.62. The number of rotatable bonds is 5. The molecule has 0 aliphatic carbocycles. The molecule has 1 rings (SSSR count). The summed E-state index contributed by atoms with van der Waals surface area (Å²) in [4.78, 5) is 4.22. The second-order valence-electron chi connectivity index (χ2n) is 3.17. The summed E-state index contributed by atoms with van der Waals surface area (Å²) in [6.07, 6.45) is 0.702. The van der Waals surface area contributed by atoms with Gasteiger partial charge in [0.05, 0.1) is 6.61 Å². The Morgan fingerprint density at radius 3 is 2.43 bits per heavy atom. The first-order valence-corrected chi connectivity index (χ1v) is 4.81. The number of hydrogen-bond donors (Lipinski definition) is 1. The Labute approximate surface area is 84.2 Å². The molecule has 0 heterocycles. The van der Waals surface area contributed by atoms with Crippen molar-refractivity contribution in [3.05, 3.63) is 29.8 Å². The van der Waals surface area contributed by atoms with Crippen molar-refractivity contribution in [2.24, 2.45) is 0 Å². The molecule has 1 unspecified atom stereocenters. The van der Waals surface area contributed by atoms with E-state index in [4.69, 9.17) is 9.99 Å². The zero-order valence-corrected chi connectivity index (χ0v) is 8.56. The Kier molecular flexibility index (Phi) is 4.43. The van der Waals surface area contributed by atoms with Crippen LogP contribution in [-0.2, 0) is 4.89 Å². The van der Waals surface area contributed by atoms with E-state index in [1.54, 1.807) is 6.92 Å². The molecule has 78 valence electrons. The minimum Gasteiger partial charge on any atom is -0.494 e. The standard InChI is InChI=1S/C11H16O3/c1-3-8-13-11-6-4-10(5-7-11)9(2)14-12/h4-7,9,12H,3,8H2,1-2H3. The molecular formula is C11H16O3. The van der Waals surface area contributed by atoms with Crippen molar-refractivity contribution in [3.8, 4) is 5.75 Å². The molecule has 14 heavy (non-hydrogen) atoms. The molecule has 1 N–H and O–H groups in total. The van der Waals surface area contributed by atoms with Gasteiger partial charge in [0.25, 0.3) is 0 Å². The van der Waals surface area contributed by atoms with E-state index in [1.807, 2.05) is 24.3 Å². The van der Waals surface area contributed by atoms with Crippen LogP contribution in [0.2, 0.25) is 0 Å². The molecule has 0 aliphatic rings. The number of benzene rings is 1. The van der Waals surface area contributed by atoms with Crippen molar-refractivity contribution in [2.45, 2.75) is 26.4 Å². The maximum Gasteiger partial charge on any atom is 0.119 e. The van der Waals surface area contributed by atoms with Crippen LogP contribution in [0.25, 0.3) is 0 Å². The van der Waals surface area contributed by atoms with Crippen molar-refractivity contribution in [2.75, 3.05) is 6.61 Å². The highest BCUT2D eigenvalue weighted by Gasteiger charge is 2.04. The Hall–Kier alpha value is -1.06. The Bertz CT molecular complexity index is 256. The molecule has 0 radical (unpaired) electrons. The summed E-state index contributed by atoms with van der Waals surface area (Å²) in [7, 11) is 0. The normalized spacial score (nSPS) is 12.5. The summed E-state index contributed by atoms with van der Waals surface area (Å²) in [5, 5.41) is 8.47. The number of hydrogen-bond acceptors (Lipinski definition) is 3. The smallest absolute Gasteiger partial charge is 0.119 e. The fourth-order valence-corrected chi connectivity index (χ4v) is 1.12. The van der Waals surface area contributed by atoms with Crippen LogP contribution in [0.15, 0.2) is 24.3 Å². The van der Waals surface area contributed by atoms with Crippen LogP contribution >= 0.6 is 0 Å². The van der Waals surface area contributed by atoms with Crippen LogP contribution in [0.1, 0.15) is 31.9 Å². The van der Waals surface area contributed by atoms with Crippen LogP contribution < -0.4 is 4.74 Å². The van der Waals surface area contributed by atoms with E-state index in [-0.39, 0.29) is 6.10 Å². The van der Waals surface area contributed by atoms with E-state index in [2.05, 4.69) is 11.8 Å². The monoisotopic (exact) mass is 196 g/mol. The molecule has 0 spiro atoms. The van der Waals surface area contributed by atoms with Gasteiger partial charge in [0.15, 0.2) is 0 Å². The van der Waals surface area contributed by atoms with Gasteiger partial charge in [-0.2, -0.15) is 0 Å². The van der Waals surface area contributed by atoms with Gasteiger partial charge in [-0.15, -0.1) is 0 Å².